The van der Waals surface area contributed by atoms with Gasteiger partial charge in [0.25, 0.3) is 0 Å². The number of carbonyl (C=O) groups is 1. The number of aromatic nitrogens is 2. The molecule has 0 aliphatic carbocycles. The van der Waals surface area contributed by atoms with Gasteiger partial charge in [0, 0.05) is 37.4 Å². The molecule has 6 nitrogen and oxygen atoms in total. The van der Waals surface area contributed by atoms with Gasteiger partial charge in [-0.25, -0.2) is 0 Å². The molecule has 1 aromatic heterocycles. The molecule has 2 aliphatic heterocycles. The zero-order valence-corrected chi connectivity index (χ0v) is 16.4. The molecular weight excluding hydrogens is 352 g/mol. The number of nitrogens with one attached hydrogen (secondary N) is 1. The van der Waals surface area contributed by atoms with Crippen LogP contribution in [0.5, 0.6) is 0 Å². The van der Waals surface area contributed by atoms with E-state index in [9.17, 15) is 4.79 Å². The van der Waals surface area contributed by atoms with Crippen molar-refractivity contribution in [3.8, 4) is 0 Å². The van der Waals surface area contributed by atoms with E-state index in [0.717, 1.165) is 45.4 Å². The van der Waals surface area contributed by atoms with Crippen LogP contribution in [0.15, 0.2) is 42.6 Å². The molecule has 3 heterocycles. The van der Waals surface area contributed by atoms with Crippen LogP contribution in [0.3, 0.4) is 0 Å². The minimum atomic E-state index is 0.162. The number of rotatable bonds is 6. The normalized spacial score (nSPS) is 21.0. The van der Waals surface area contributed by atoms with Gasteiger partial charge in [0.15, 0.2) is 0 Å². The Kier molecular flexibility index (Phi) is 6.39. The number of amides is 1. The van der Waals surface area contributed by atoms with Gasteiger partial charge in [-0.2, -0.15) is 5.10 Å². The molecule has 2 saturated heterocycles. The van der Waals surface area contributed by atoms with Crippen LogP contribution in [0.25, 0.3) is 0 Å². The number of hydrogen-bond donors (Lipinski definition) is 1. The third kappa shape index (κ3) is 4.80. The van der Waals surface area contributed by atoms with Crippen LogP contribution >= 0.6 is 0 Å². The summed E-state index contributed by atoms with van der Waals surface area (Å²) in [5.41, 5.74) is 2.38. The predicted molar refractivity (Wildman–Crippen MR) is 108 cm³/mol. The van der Waals surface area contributed by atoms with Crippen molar-refractivity contribution < 1.29 is 9.53 Å². The molecule has 1 aromatic carbocycles. The van der Waals surface area contributed by atoms with Gasteiger partial charge in [0.05, 0.1) is 12.7 Å². The molecule has 1 N–H and O–H groups in total. The van der Waals surface area contributed by atoms with Crippen molar-refractivity contribution in [1.82, 2.24) is 20.0 Å². The molecule has 0 bridgehead atoms. The third-order valence-electron chi connectivity index (χ3n) is 5.87. The first-order valence-electron chi connectivity index (χ1n) is 10.5. The lowest BCUT2D eigenvalue weighted by atomic mass is 9.96. The van der Waals surface area contributed by atoms with Gasteiger partial charge in [0.1, 0.15) is 6.54 Å². The quantitative estimate of drug-likeness (QED) is 0.834. The first kappa shape index (κ1) is 19.2. The summed E-state index contributed by atoms with van der Waals surface area (Å²) in [7, 11) is 0. The zero-order valence-electron chi connectivity index (χ0n) is 16.4. The van der Waals surface area contributed by atoms with Crippen LogP contribution in [0.4, 0.5) is 0 Å². The van der Waals surface area contributed by atoms with E-state index < -0.39 is 0 Å². The Morgan fingerprint density at radius 1 is 1.14 bits per heavy atom. The Bertz CT molecular complexity index is 747. The van der Waals surface area contributed by atoms with Crippen molar-refractivity contribution in [3.63, 3.8) is 0 Å². The smallest absolute Gasteiger partial charge is 0.244 e. The van der Waals surface area contributed by atoms with Crippen molar-refractivity contribution in [2.24, 2.45) is 0 Å². The minimum Gasteiger partial charge on any atom is -0.373 e. The van der Waals surface area contributed by atoms with Gasteiger partial charge in [-0.1, -0.05) is 30.3 Å². The Balaban J connectivity index is 1.25. The summed E-state index contributed by atoms with van der Waals surface area (Å²) >= 11 is 0. The highest BCUT2D eigenvalue weighted by Crippen LogP contribution is 2.23. The van der Waals surface area contributed by atoms with E-state index in [1.54, 1.807) is 0 Å². The number of piperidine rings is 2. The maximum atomic E-state index is 12.8. The highest BCUT2D eigenvalue weighted by Gasteiger charge is 2.25. The minimum absolute atomic E-state index is 0.162. The standard InChI is InChI=1S/C22H30N4O2/c27-22(16-26-21(8-12-24-26)19-7-4-11-23-15-19)25-13-9-20(10-14-25)28-17-18-5-2-1-3-6-18/h1-3,5-6,8,12,19-20,23H,4,7,9-11,13-17H2/t19-/m1/s1. The molecule has 6 heteroatoms. The van der Waals surface area contributed by atoms with E-state index >= 15 is 0 Å². The van der Waals surface area contributed by atoms with Gasteiger partial charge in [0.2, 0.25) is 5.91 Å². The summed E-state index contributed by atoms with van der Waals surface area (Å²) in [6, 6.07) is 12.3. The van der Waals surface area contributed by atoms with Crippen molar-refractivity contribution in [3.05, 3.63) is 53.9 Å². The van der Waals surface area contributed by atoms with Gasteiger partial charge >= 0.3 is 0 Å². The monoisotopic (exact) mass is 382 g/mol. The van der Waals surface area contributed by atoms with Crippen LogP contribution < -0.4 is 5.32 Å². The molecule has 28 heavy (non-hydrogen) atoms. The number of ether oxygens (including phenoxy) is 1. The zero-order chi connectivity index (χ0) is 19.2. The van der Waals surface area contributed by atoms with E-state index in [4.69, 9.17) is 4.74 Å². The molecule has 150 valence electrons. The maximum absolute atomic E-state index is 12.8. The molecule has 0 saturated carbocycles. The molecule has 2 aromatic rings. The fourth-order valence-electron chi connectivity index (χ4n) is 4.21. The topological polar surface area (TPSA) is 59.4 Å². The van der Waals surface area contributed by atoms with E-state index in [2.05, 4.69) is 28.6 Å². The molecule has 2 fully saturated rings. The maximum Gasteiger partial charge on any atom is 0.244 e. The Labute approximate surface area is 166 Å². The molecule has 2 aliphatic rings. The van der Waals surface area contributed by atoms with Crippen LogP contribution in [0, 0.1) is 0 Å². The summed E-state index contributed by atoms with van der Waals surface area (Å²) < 4.78 is 7.94. The second-order valence-corrected chi connectivity index (χ2v) is 7.83. The molecule has 0 unspecified atom stereocenters. The third-order valence-corrected chi connectivity index (χ3v) is 5.87. The van der Waals surface area contributed by atoms with Crippen molar-refractivity contribution in [2.75, 3.05) is 26.2 Å². The molecule has 0 spiro atoms. The molecule has 0 radical (unpaired) electrons. The fourth-order valence-corrected chi connectivity index (χ4v) is 4.21. The molecule has 1 amide bonds. The van der Waals surface area contributed by atoms with Crippen LogP contribution in [-0.4, -0.2) is 52.9 Å². The highest BCUT2D eigenvalue weighted by molar-refractivity contribution is 5.76. The van der Waals surface area contributed by atoms with Crippen molar-refractivity contribution in [1.29, 1.82) is 0 Å². The summed E-state index contributed by atoms with van der Waals surface area (Å²) in [4.78, 5) is 14.8. The van der Waals surface area contributed by atoms with E-state index in [1.807, 2.05) is 34.0 Å². The highest BCUT2D eigenvalue weighted by atomic mass is 16.5. The largest absolute Gasteiger partial charge is 0.373 e. The Hall–Kier alpha value is -2.18. The van der Waals surface area contributed by atoms with Gasteiger partial charge in [-0.15, -0.1) is 0 Å². The van der Waals surface area contributed by atoms with Gasteiger partial charge in [-0.05, 0) is 43.9 Å². The fraction of sp³-hybridized carbons (Fsp3) is 0.545. The van der Waals surface area contributed by atoms with Crippen LogP contribution in [-0.2, 0) is 22.7 Å². The average Bonchev–Trinajstić information content (AvgIpc) is 3.22. The second-order valence-electron chi connectivity index (χ2n) is 7.83. The summed E-state index contributed by atoms with van der Waals surface area (Å²) in [5.74, 6) is 0.622. The summed E-state index contributed by atoms with van der Waals surface area (Å²) in [6.45, 7) is 4.58. The van der Waals surface area contributed by atoms with Crippen molar-refractivity contribution in [2.45, 2.75) is 50.9 Å². The number of hydrogen-bond acceptors (Lipinski definition) is 4. The first-order valence-corrected chi connectivity index (χ1v) is 10.5. The number of nitrogens with zero attached hydrogens (tertiary/aromatic N) is 3. The molecule has 1 atom stereocenters. The van der Waals surface area contributed by atoms with Crippen LogP contribution in [0.2, 0.25) is 0 Å². The number of benzene rings is 1. The van der Waals surface area contributed by atoms with Gasteiger partial charge < -0.3 is 15.0 Å². The van der Waals surface area contributed by atoms with Gasteiger partial charge in [-0.3, -0.25) is 9.48 Å². The van der Waals surface area contributed by atoms with Crippen molar-refractivity contribution >= 4 is 5.91 Å². The number of carbonyl (C=O) groups excluding carboxylic acids is 1. The molecular formula is C22H30N4O2. The lowest BCUT2D eigenvalue weighted by molar-refractivity contribution is -0.134. The van der Waals surface area contributed by atoms with E-state index in [1.165, 1.54) is 17.7 Å². The summed E-state index contributed by atoms with van der Waals surface area (Å²) in [5, 5.41) is 7.87. The van der Waals surface area contributed by atoms with E-state index in [0.29, 0.717) is 19.1 Å². The Morgan fingerprint density at radius 2 is 1.96 bits per heavy atom. The Morgan fingerprint density at radius 3 is 2.71 bits per heavy atom. The molecule has 4 rings (SSSR count). The first-order chi connectivity index (χ1) is 13.8. The lowest BCUT2D eigenvalue weighted by Gasteiger charge is -2.32. The second kappa shape index (κ2) is 9.34. The SMILES string of the molecule is O=C(Cn1nccc1[C@@H]1CCCNC1)N1CCC(OCc2ccccc2)CC1. The number of likely N-dealkylation sites (tertiary alicyclic amines) is 1. The lowest BCUT2D eigenvalue weighted by Crippen LogP contribution is -2.42. The van der Waals surface area contributed by atoms with Crippen LogP contribution in [0.1, 0.15) is 42.9 Å². The van der Waals surface area contributed by atoms with E-state index in [-0.39, 0.29) is 12.0 Å². The summed E-state index contributed by atoms with van der Waals surface area (Å²) in [6.07, 6.45) is 6.20. The average molecular weight is 383 g/mol. The predicted octanol–water partition coefficient (Wildman–Crippen LogP) is 2.56.